The van der Waals surface area contributed by atoms with E-state index in [0.717, 1.165) is 17.3 Å². The van der Waals surface area contributed by atoms with Crippen molar-refractivity contribution in [1.29, 1.82) is 5.26 Å². The summed E-state index contributed by atoms with van der Waals surface area (Å²) in [4.78, 5) is 0.375. The zero-order valence-electron chi connectivity index (χ0n) is 5.35. The molecule has 0 radical (unpaired) electrons. The fourth-order valence-corrected chi connectivity index (χ4v) is 2.86. The lowest BCUT2D eigenvalue weighted by molar-refractivity contribution is 0.604. The molecular formula is C7H7Br2N. The summed E-state index contributed by atoms with van der Waals surface area (Å²) in [6, 6.07) is 2.26. The van der Waals surface area contributed by atoms with E-state index in [1.165, 1.54) is 0 Å². The first-order valence-electron chi connectivity index (χ1n) is 3.12. The molecule has 0 bridgehead atoms. The molecule has 0 aromatic rings. The minimum Gasteiger partial charge on any atom is -0.198 e. The van der Waals surface area contributed by atoms with Gasteiger partial charge >= 0.3 is 0 Å². The van der Waals surface area contributed by atoms with Gasteiger partial charge in [-0.2, -0.15) is 5.26 Å². The Balaban J connectivity index is 2.62. The van der Waals surface area contributed by atoms with E-state index < -0.39 is 0 Å². The van der Waals surface area contributed by atoms with E-state index in [1.807, 2.05) is 0 Å². The van der Waals surface area contributed by atoms with Crippen LogP contribution >= 0.6 is 31.9 Å². The van der Waals surface area contributed by atoms with Crippen molar-refractivity contribution in [3.8, 4) is 6.07 Å². The molecule has 3 heteroatoms. The Hall–Kier alpha value is 0.190. The van der Waals surface area contributed by atoms with Crippen LogP contribution in [0.4, 0.5) is 0 Å². The number of allylic oxidation sites excluding steroid dienone is 2. The van der Waals surface area contributed by atoms with Crippen molar-refractivity contribution in [3.63, 3.8) is 0 Å². The van der Waals surface area contributed by atoms with Gasteiger partial charge in [-0.15, -0.1) is 0 Å². The highest BCUT2D eigenvalue weighted by atomic mass is 79.9. The van der Waals surface area contributed by atoms with E-state index in [4.69, 9.17) is 5.26 Å². The summed E-state index contributed by atoms with van der Waals surface area (Å²) in [5, 5.41) is 8.61. The summed E-state index contributed by atoms with van der Waals surface area (Å²) >= 11 is 6.84. The molecule has 0 N–H and O–H groups in total. The predicted octanol–water partition coefficient (Wildman–Crippen LogP) is 2.96. The van der Waals surface area contributed by atoms with Crippen LogP contribution in [0.2, 0.25) is 0 Å². The van der Waals surface area contributed by atoms with Crippen molar-refractivity contribution in [1.82, 2.24) is 0 Å². The topological polar surface area (TPSA) is 23.8 Å². The molecule has 0 amide bonds. The van der Waals surface area contributed by atoms with Crippen LogP contribution in [-0.4, -0.2) is 4.83 Å². The second kappa shape index (κ2) is 3.54. The van der Waals surface area contributed by atoms with Crippen molar-refractivity contribution in [2.75, 3.05) is 0 Å². The molecular weight excluding hydrogens is 258 g/mol. The van der Waals surface area contributed by atoms with Gasteiger partial charge in [0.25, 0.3) is 0 Å². The molecule has 0 spiro atoms. The highest BCUT2D eigenvalue weighted by molar-refractivity contribution is 9.12. The number of nitriles is 1. The Morgan fingerprint density at radius 2 is 2.40 bits per heavy atom. The molecule has 1 nitrogen and oxygen atoms in total. The maximum atomic E-state index is 8.61. The lowest BCUT2D eigenvalue weighted by Crippen LogP contribution is -2.10. The highest BCUT2D eigenvalue weighted by Crippen LogP contribution is 2.30. The predicted molar refractivity (Wildman–Crippen MR) is 48.1 cm³/mol. The second-order valence-corrected chi connectivity index (χ2v) is 4.59. The smallest absolute Gasteiger partial charge is 0.0660 e. The van der Waals surface area contributed by atoms with Gasteiger partial charge in [0.2, 0.25) is 0 Å². The molecule has 0 aromatic carbocycles. The SMILES string of the molecule is N#CC1CC(Br)=CC(Br)C1. The molecule has 0 heterocycles. The first kappa shape index (κ1) is 8.29. The van der Waals surface area contributed by atoms with Crippen LogP contribution in [0, 0.1) is 17.2 Å². The third-order valence-electron chi connectivity index (χ3n) is 1.50. The number of hydrogen-bond donors (Lipinski definition) is 0. The van der Waals surface area contributed by atoms with Gasteiger partial charge in [-0.1, -0.05) is 37.9 Å². The summed E-state index contributed by atoms with van der Waals surface area (Å²) in [6.07, 6.45) is 3.91. The summed E-state index contributed by atoms with van der Waals surface area (Å²) in [5.41, 5.74) is 0. The average Bonchev–Trinajstić information content (AvgIpc) is 1.85. The van der Waals surface area contributed by atoms with E-state index in [0.29, 0.717) is 4.83 Å². The van der Waals surface area contributed by atoms with Crippen LogP contribution in [0.15, 0.2) is 10.6 Å². The standard InChI is InChI=1S/C7H7Br2N/c8-6-1-5(4-10)2-7(9)3-6/h3,5-6H,1-2H2. The van der Waals surface area contributed by atoms with E-state index in [9.17, 15) is 0 Å². The van der Waals surface area contributed by atoms with Gasteiger partial charge in [0.05, 0.1) is 12.0 Å². The van der Waals surface area contributed by atoms with Gasteiger partial charge in [0.15, 0.2) is 0 Å². The van der Waals surface area contributed by atoms with Gasteiger partial charge in [-0.05, 0) is 17.3 Å². The van der Waals surface area contributed by atoms with Gasteiger partial charge < -0.3 is 0 Å². The zero-order chi connectivity index (χ0) is 7.56. The average molecular weight is 265 g/mol. The third-order valence-corrected chi connectivity index (χ3v) is 2.72. The number of alkyl halides is 1. The van der Waals surface area contributed by atoms with Crippen molar-refractivity contribution < 1.29 is 0 Å². The lowest BCUT2D eigenvalue weighted by atomic mass is 9.96. The number of halogens is 2. The molecule has 1 aliphatic carbocycles. The van der Waals surface area contributed by atoms with Crippen LogP contribution in [0.5, 0.6) is 0 Å². The number of nitrogens with zero attached hydrogens (tertiary/aromatic N) is 1. The maximum Gasteiger partial charge on any atom is 0.0660 e. The Labute approximate surface area is 77.4 Å². The fraction of sp³-hybridized carbons (Fsp3) is 0.571. The quantitative estimate of drug-likeness (QED) is 0.617. The number of hydrogen-bond acceptors (Lipinski definition) is 1. The summed E-state index contributed by atoms with van der Waals surface area (Å²) in [5.74, 6) is 0.184. The number of rotatable bonds is 0. The van der Waals surface area contributed by atoms with Crippen molar-refractivity contribution >= 4 is 31.9 Å². The lowest BCUT2D eigenvalue weighted by Gasteiger charge is -2.16. The molecule has 1 rings (SSSR count). The molecule has 10 heavy (non-hydrogen) atoms. The minimum atomic E-state index is 0.184. The fourth-order valence-electron chi connectivity index (χ4n) is 1.02. The van der Waals surface area contributed by atoms with Crippen LogP contribution in [-0.2, 0) is 0 Å². The molecule has 0 aliphatic heterocycles. The highest BCUT2D eigenvalue weighted by Gasteiger charge is 2.18. The molecule has 2 atom stereocenters. The summed E-state index contributed by atoms with van der Waals surface area (Å²) in [6.45, 7) is 0. The molecule has 0 aromatic heterocycles. The van der Waals surface area contributed by atoms with E-state index in [-0.39, 0.29) is 5.92 Å². The monoisotopic (exact) mass is 263 g/mol. The molecule has 0 fully saturated rings. The van der Waals surface area contributed by atoms with Gasteiger partial charge in [0, 0.05) is 4.83 Å². The first-order valence-corrected chi connectivity index (χ1v) is 4.83. The van der Waals surface area contributed by atoms with E-state index in [1.54, 1.807) is 0 Å². The maximum absolute atomic E-state index is 8.61. The van der Waals surface area contributed by atoms with Gasteiger partial charge in [-0.3, -0.25) is 0 Å². The van der Waals surface area contributed by atoms with Crippen LogP contribution in [0.1, 0.15) is 12.8 Å². The van der Waals surface area contributed by atoms with Crippen molar-refractivity contribution in [2.45, 2.75) is 17.7 Å². The van der Waals surface area contributed by atoms with Crippen LogP contribution in [0.25, 0.3) is 0 Å². The van der Waals surface area contributed by atoms with Crippen LogP contribution in [0.3, 0.4) is 0 Å². The summed E-state index contributed by atoms with van der Waals surface area (Å²) < 4.78 is 1.15. The normalized spacial score (nSPS) is 32.7. The Morgan fingerprint density at radius 1 is 1.70 bits per heavy atom. The molecule has 1 aliphatic rings. The summed E-state index contributed by atoms with van der Waals surface area (Å²) in [7, 11) is 0. The third kappa shape index (κ3) is 2.10. The Kier molecular flexibility index (Phi) is 2.94. The second-order valence-electron chi connectivity index (χ2n) is 2.40. The first-order chi connectivity index (χ1) is 4.72. The van der Waals surface area contributed by atoms with E-state index >= 15 is 0 Å². The Morgan fingerprint density at radius 3 is 2.90 bits per heavy atom. The zero-order valence-corrected chi connectivity index (χ0v) is 8.52. The largest absolute Gasteiger partial charge is 0.198 e. The van der Waals surface area contributed by atoms with Gasteiger partial charge in [-0.25, -0.2) is 0 Å². The van der Waals surface area contributed by atoms with E-state index in [2.05, 4.69) is 44.0 Å². The molecule has 0 saturated carbocycles. The Bertz CT molecular complexity index is 192. The molecule has 0 saturated heterocycles. The van der Waals surface area contributed by atoms with Crippen LogP contribution < -0.4 is 0 Å². The minimum absolute atomic E-state index is 0.184. The van der Waals surface area contributed by atoms with Crippen molar-refractivity contribution in [2.24, 2.45) is 5.92 Å². The molecule has 2 unspecified atom stereocenters. The van der Waals surface area contributed by atoms with Gasteiger partial charge in [0.1, 0.15) is 0 Å². The van der Waals surface area contributed by atoms with Crippen molar-refractivity contribution in [3.05, 3.63) is 10.6 Å². The molecule has 54 valence electrons.